The molecule has 0 spiro atoms. The minimum atomic E-state index is -1.50. The molecule has 2 heterocycles. The van der Waals surface area contributed by atoms with Crippen molar-refractivity contribution in [2.75, 3.05) is 19.7 Å². The highest BCUT2D eigenvalue weighted by Crippen LogP contribution is 2.40. The summed E-state index contributed by atoms with van der Waals surface area (Å²) >= 11 is 0. The van der Waals surface area contributed by atoms with Crippen LogP contribution in [0.4, 0.5) is 4.39 Å². The predicted molar refractivity (Wildman–Crippen MR) is 141 cm³/mol. The summed E-state index contributed by atoms with van der Waals surface area (Å²) in [6, 6.07) is 24.0. The predicted octanol–water partition coefficient (Wildman–Crippen LogP) is 4.30. The molecule has 198 valence electrons. The zero-order chi connectivity index (χ0) is 27.5. The number of benzene rings is 3. The van der Waals surface area contributed by atoms with Crippen LogP contribution in [0.3, 0.4) is 0 Å². The molecule has 2 N–H and O–H groups in total. The van der Waals surface area contributed by atoms with Gasteiger partial charge in [0.1, 0.15) is 23.7 Å². The van der Waals surface area contributed by atoms with Gasteiger partial charge in [-0.1, -0.05) is 60.7 Å². The molecular formula is C30H25FN2O6. The first-order chi connectivity index (χ1) is 18.8. The smallest absolute Gasteiger partial charge is 0.341 e. The largest absolute Gasteiger partial charge is 0.503 e. The quantitative estimate of drug-likeness (QED) is 0.353. The van der Waals surface area contributed by atoms with E-state index in [-0.39, 0.29) is 31.3 Å². The Morgan fingerprint density at radius 1 is 0.949 bits per heavy atom. The number of rotatable bonds is 8. The summed E-state index contributed by atoms with van der Waals surface area (Å²) in [7, 11) is 0. The second-order valence-electron chi connectivity index (χ2n) is 9.20. The molecule has 0 aliphatic carbocycles. The molecule has 1 atom stereocenters. The number of carboxylic acids is 1. The molecule has 1 aromatic heterocycles. The van der Waals surface area contributed by atoms with Gasteiger partial charge in [0.05, 0.1) is 12.6 Å². The Labute approximate surface area is 223 Å². The molecule has 0 fully saturated rings. The van der Waals surface area contributed by atoms with E-state index >= 15 is 0 Å². The second-order valence-corrected chi connectivity index (χ2v) is 9.20. The van der Waals surface area contributed by atoms with E-state index in [0.29, 0.717) is 5.75 Å². The van der Waals surface area contributed by atoms with E-state index in [0.717, 1.165) is 17.3 Å². The van der Waals surface area contributed by atoms with Gasteiger partial charge in [0.2, 0.25) is 5.43 Å². The van der Waals surface area contributed by atoms with Gasteiger partial charge in [-0.25, -0.2) is 9.18 Å². The van der Waals surface area contributed by atoms with E-state index in [1.807, 2.05) is 60.7 Å². The van der Waals surface area contributed by atoms with E-state index in [9.17, 15) is 29.0 Å². The highest BCUT2D eigenvalue weighted by molar-refractivity contribution is 5.97. The molecular weight excluding hydrogens is 503 g/mol. The maximum absolute atomic E-state index is 13.6. The van der Waals surface area contributed by atoms with E-state index in [1.54, 1.807) is 0 Å². The number of aromatic nitrogens is 1. The van der Waals surface area contributed by atoms with Gasteiger partial charge in [-0.2, -0.15) is 0 Å². The third-order valence-electron chi connectivity index (χ3n) is 6.84. The van der Waals surface area contributed by atoms with Crippen molar-refractivity contribution < 1.29 is 28.9 Å². The summed E-state index contributed by atoms with van der Waals surface area (Å²) in [6.45, 7) is 0.329. The fourth-order valence-electron chi connectivity index (χ4n) is 5.01. The van der Waals surface area contributed by atoms with Crippen LogP contribution in [0.5, 0.6) is 11.5 Å². The number of carbonyl (C=O) groups excluding carboxylic acids is 1. The van der Waals surface area contributed by atoms with E-state index in [1.165, 1.54) is 33.7 Å². The monoisotopic (exact) mass is 528 g/mol. The molecule has 0 saturated carbocycles. The number of ether oxygens (including phenoxy) is 1. The van der Waals surface area contributed by atoms with Crippen LogP contribution in [0, 0.1) is 5.82 Å². The first kappa shape index (κ1) is 25.7. The normalized spacial score (nSPS) is 14.8. The van der Waals surface area contributed by atoms with Crippen molar-refractivity contribution in [2.45, 2.75) is 12.0 Å². The maximum atomic E-state index is 13.6. The number of carbonyl (C=O) groups is 2. The fraction of sp³-hybridized carbons (Fsp3) is 0.167. The number of hydrogen-bond donors (Lipinski definition) is 2. The molecule has 0 saturated heterocycles. The third kappa shape index (κ3) is 5.11. The molecule has 4 aromatic rings. The van der Waals surface area contributed by atoms with Crippen molar-refractivity contribution in [3.05, 3.63) is 130 Å². The van der Waals surface area contributed by atoms with Gasteiger partial charge >= 0.3 is 5.97 Å². The Balaban J connectivity index is 1.59. The van der Waals surface area contributed by atoms with Crippen LogP contribution in [-0.4, -0.2) is 51.3 Å². The highest BCUT2D eigenvalue weighted by atomic mass is 19.1. The summed E-state index contributed by atoms with van der Waals surface area (Å²) in [4.78, 5) is 39.6. The number of aromatic hydroxyl groups is 1. The SMILES string of the molecule is O=C(O)c1cn2c(c(O)c1=O)C(=O)N(CCOc1ccc(F)cc1)C[C@@H]2C(c1ccccc1)c1ccccc1. The minimum absolute atomic E-state index is 0.0731. The molecule has 8 nitrogen and oxygen atoms in total. The number of aromatic carboxylic acids is 1. The van der Waals surface area contributed by atoms with Gasteiger partial charge in [0.15, 0.2) is 11.4 Å². The van der Waals surface area contributed by atoms with E-state index in [4.69, 9.17) is 4.74 Å². The highest BCUT2D eigenvalue weighted by Gasteiger charge is 2.39. The molecule has 1 amide bonds. The minimum Gasteiger partial charge on any atom is -0.503 e. The summed E-state index contributed by atoms with van der Waals surface area (Å²) < 4.78 is 20.4. The molecule has 5 rings (SSSR count). The Hall–Kier alpha value is -4.92. The average molecular weight is 529 g/mol. The Morgan fingerprint density at radius 3 is 2.10 bits per heavy atom. The number of fused-ring (bicyclic) bond motifs is 1. The number of amides is 1. The van der Waals surface area contributed by atoms with Crippen LogP contribution in [-0.2, 0) is 0 Å². The lowest BCUT2D eigenvalue weighted by Crippen LogP contribution is -2.48. The fourth-order valence-corrected chi connectivity index (χ4v) is 5.01. The standard InChI is InChI=1S/C30H25FN2O6/c31-21-11-13-22(14-12-21)39-16-15-32-18-24(25(19-7-3-1-4-8-19)20-9-5-2-6-10-20)33-17-23(30(37)38)27(34)28(35)26(33)29(32)36/h1-14,17,24-25,35H,15-16,18H2,(H,37,38)/t24-/m1/s1. The van der Waals surface area contributed by atoms with Crippen molar-refractivity contribution >= 4 is 11.9 Å². The number of halogens is 1. The van der Waals surface area contributed by atoms with Crippen molar-refractivity contribution in [3.63, 3.8) is 0 Å². The zero-order valence-corrected chi connectivity index (χ0v) is 20.7. The Morgan fingerprint density at radius 2 is 1.54 bits per heavy atom. The van der Waals surface area contributed by atoms with Crippen LogP contribution in [0.1, 0.15) is 43.9 Å². The first-order valence-electron chi connectivity index (χ1n) is 12.3. The Kier molecular flexibility index (Phi) is 7.14. The van der Waals surface area contributed by atoms with Gasteiger partial charge in [-0.05, 0) is 35.4 Å². The van der Waals surface area contributed by atoms with Crippen LogP contribution in [0.2, 0.25) is 0 Å². The lowest BCUT2D eigenvalue weighted by atomic mass is 9.83. The van der Waals surface area contributed by atoms with Crippen LogP contribution < -0.4 is 10.2 Å². The zero-order valence-electron chi connectivity index (χ0n) is 20.7. The Bertz CT molecular complexity index is 1520. The van der Waals surface area contributed by atoms with Gasteiger partial charge < -0.3 is 24.4 Å². The molecule has 9 heteroatoms. The third-order valence-corrected chi connectivity index (χ3v) is 6.84. The van der Waals surface area contributed by atoms with Gasteiger partial charge in [0.25, 0.3) is 5.91 Å². The molecule has 3 aromatic carbocycles. The second kappa shape index (κ2) is 10.8. The number of nitrogens with zero attached hydrogens (tertiary/aromatic N) is 2. The summed E-state index contributed by atoms with van der Waals surface area (Å²) in [6.07, 6.45) is 1.15. The van der Waals surface area contributed by atoms with Crippen molar-refractivity contribution in [1.29, 1.82) is 0 Å². The van der Waals surface area contributed by atoms with Crippen molar-refractivity contribution in [1.82, 2.24) is 9.47 Å². The molecule has 0 bridgehead atoms. The molecule has 1 aliphatic heterocycles. The maximum Gasteiger partial charge on any atom is 0.341 e. The van der Waals surface area contributed by atoms with Gasteiger partial charge in [0, 0.05) is 18.7 Å². The number of pyridine rings is 1. The lowest BCUT2D eigenvalue weighted by molar-refractivity contribution is 0.0611. The summed E-state index contributed by atoms with van der Waals surface area (Å²) in [5.41, 5.74) is -0.207. The van der Waals surface area contributed by atoms with Crippen molar-refractivity contribution in [2.24, 2.45) is 0 Å². The number of hydrogen-bond acceptors (Lipinski definition) is 5. The van der Waals surface area contributed by atoms with Crippen LogP contribution in [0.15, 0.2) is 95.9 Å². The first-order valence-corrected chi connectivity index (χ1v) is 12.3. The van der Waals surface area contributed by atoms with Crippen molar-refractivity contribution in [3.8, 4) is 11.5 Å². The summed E-state index contributed by atoms with van der Waals surface area (Å²) in [5.74, 6) is -3.36. The topological polar surface area (TPSA) is 109 Å². The average Bonchev–Trinajstić information content (AvgIpc) is 2.94. The number of carboxylic acid groups (broad SMARTS) is 1. The van der Waals surface area contributed by atoms with Crippen LogP contribution >= 0.6 is 0 Å². The molecule has 1 aliphatic rings. The lowest BCUT2D eigenvalue weighted by Gasteiger charge is -2.40. The summed E-state index contributed by atoms with van der Waals surface area (Å²) in [5, 5.41) is 20.5. The van der Waals surface area contributed by atoms with Gasteiger partial charge in [-0.3, -0.25) is 9.59 Å². The molecule has 0 unspecified atom stereocenters. The van der Waals surface area contributed by atoms with Gasteiger partial charge in [-0.15, -0.1) is 0 Å². The molecule has 0 radical (unpaired) electrons. The van der Waals surface area contributed by atoms with Crippen LogP contribution in [0.25, 0.3) is 0 Å². The van der Waals surface area contributed by atoms with E-state index in [2.05, 4.69) is 0 Å². The molecule has 39 heavy (non-hydrogen) atoms. The van der Waals surface area contributed by atoms with E-state index < -0.39 is 40.5 Å².